The zero-order chi connectivity index (χ0) is 12.4. The minimum absolute atomic E-state index is 0.0728. The molecule has 2 heterocycles. The molecule has 0 radical (unpaired) electrons. The van der Waals surface area contributed by atoms with Crippen molar-refractivity contribution in [3.8, 4) is 6.07 Å². The van der Waals surface area contributed by atoms with Crippen molar-refractivity contribution in [1.29, 1.82) is 5.26 Å². The molecule has 0 N–H and O–H groups in total. The molecule has 92 valence electrons. The molecule has 3 nitrogen and oxygen atoms in total. The van der Waals surface area contributed by atoms with Gasteiger partial charge in [-0.25, -0.2) is 0 Å². The van der Waals surface area contributed by atoms with Crippen molar-refractivity contribution in [1.82, 2.24) is 4.90 Å². The van der Waals surface area contributed by atoms with Gasteiger partial charge in [0.1, 0.15) is 18.0 Å². The number of nitrogens with zero attached hydrogens (tertiary/aromatic N) is 2. The lowest BCUT2D eigenvalue weighted by Gasteiger charge is -2.41. The molecule has 1 aromatic carbocycles. The monoisotopic (exact) mass is 240 g/mol. The molecule has 0 saturated carbocycles. The summed E-state index contributed by atoms with van der Waals surface area (Å²) in [5.41, 5.74) is 2.03. The van der Waals surface area contributed by atoms with E-state index in [4.69, 9.17) is 4.74 Å². The number of hydrogen-bond donors (Lipinski definition) is 0. The van der Waals surface area contributed by atoms with Gasteiger partial charge in [-0.3, -0.25) is 0 Å². The van der Waals surface area contributed by atoms with Crippen molar-refractivity contribution in [2.45, 2.75) is 25.0 Å². The highest BCUT2D eigenvalue weighted by molar-refractivity contribution is 5.32. The van der Waals surface area contributed by atoms with Crippen LogP contribution in [-0.2, 0) is 4.74 Å². The van der Waals surface area contributed by atoms with Gasteiger partial charge in [-0.1, -0.05) is 30.3 Å². The van der Waals surface area contributed by atoms with Gasteiger partial charge in [-0.15, -0.1) is 0 Å². The van der Waals surface area contributed by atoms with Crippen LogP contribution in [0.4, 0.5) is 0 Å². The van der Waals surface area contributed by atoms with Crippen molar-refractivity contribution in [2.75, 3.05) is 13.2 Å². The number of hydrogen-bond acceptors (Lipinski definition) is 3. The molecular formula is C15H16N2O. The first kappa shape index (κ1) is 11.3. The third-order valence-electron chi connectivity index (χ3n) is 3.67. The van der Waals surface area contributed by atoms with E-state index in [0.717, 1.165) is 31.7 Å². The topological polar surface area (TPSA) is 36.3 Å². The Bertz CT molecular complexity index is 489. The quantitative estimate of drug-likeness (QED) is 0.757. The van der Waals surface area contributed by atoms with E-state index in [2.05, 4.69) is 29.2 Å². The Morgan fingerprint density at radius 3 is 2.89 bits per heavy atom. The van der Waals surface area contributed by atoms with E-state index in [9.17, 15) is 5.26 Å². The molecule has 2 atom stereocenters. The molecule has 2 aliphatic heterocycles. The van der Waals surface area contributed by atoms with Gasteiger partial charge in [0.2, 0.25) is 0 Å². The van der Waals surface area contributed by atoms with Crippen LogP contribution in [0.25, 0.3) is 0 Å². The molecule has 0 spiro atoms. The van der Waals surface area contributed by atoms with Crippen LogP contribution >= 0.6 is 0 Å². The maximum Gasteiger partial charge on any atom is 0.131 e. The first-order valence-corrected chi connectivity index (χ1v) is 6.43. The van der Waals surface area contributed by atoms with Gasteiger partial charge in [0.25, 0.3) is 0 Å². The van der Waals surface area contributed by atoms with Crippen molar-refractivity contribution in [3.05, 3.63) is 47.7 Å². The zero-order valence-electron chi connectivity index (χ0n) is 10.2. The fourth-order valence-electron chi connectivity index (χ4n) is 2.76. The van der Waals surface area contributed by atoms with Crippen LogP contribution in [0.3, 0.4) is 0 Å². The Morgan fingerprint density at radius 2 is 2.11 bits per heavy atom. The van der Waals surface area contributed by atoms with E-state index >= 15 is 0 Å². The molecule has 0 aromatic heterocycles. The number of allylic oxidation sites excluding steroid dienone is 2. The largest absolute Gasteiger partial charge is 0.358 e. The highest BCUT2D eigenvalue weighted by atomic mass is 16.5. The average molecular weight is 240 g/mol. The fourth-order valence-corrected chi connectivity index (χ4v) is 2.76. The Hall–Kier alpha value is -1.79. The van der Waals surface area contributed by atoms with Crippen molar-refractivity contribution < 1.29 is 4.74 Å². The van der Waals surface area contributed by atoms with Crippen LogP contribution in [0.15, 0.2) is 42.1 Å². The second-order valence-electron chi connectivity index (χ2n) is 4.79. The van der Waals surface area contributed by atoms with E-state index in [1.807, 2.05) is 18.2 Å². The predicted octanol–water partition coefficient (Wildman–Crippen LogP) is 2.63. The molecule has 0 aliphatic carbocycles. The normalized spacial score (nSPS) is 27.1. The van der Waals surface area contributed by atoms with Crippen LogP contribution in [0.2, 0.25) is 0 Å². The minimum atomic E-state index is 0.0728. The maximum absolute atomic E-state index is 9.28. The lowest BCUT2D eigenvalue weighted by Crippen LogP contribution is -2.44. The lowest BCUT2D eigenvalue weighted by molar-refractivity contribution is -0.0867. The fraction of sp³-hybridized carbons (Fsp3) is 0.400. The molecule has 3 heteroatoms. The number of fused-ring (bicyclic) bond motifs is 1. The van der Waals surface area contributed by atoms with E-state index in [0.29, 0.717) is 5.92 Å². The molecule has 0 unspecified atom stereocenters. The third-order valence-corrected chi connectivity index (χ3v) is 3.67. The molecule has 0 amide bonds. The van der Waals surface area contributed by atoms with Gasteiger partial charge in [-0.05, 0) is 18.1 Å². The Morgan fingerprint density at radius 1 is 1.28 bits per heavy atom. The Kier molecular flexibility index (Phi) is 3.04. The summed E-state index contributed by atoms with van der Waals surface area (Å²) in [5, 5.41) is 9.28. The summed E-state index contributed by atoms with van der Waals surface area (Å²) in [4.78, 5) is 2.10. The number of rotatable bonds is 1. The second kappa shape index (κ2) is 4.83. The van der Waals surface area contributed by atoms with Crippen LogP contribution in [0.5, 0.6) is 0 Å². The standard InChI is InChI=1S/C15H16N2O/c16-11-14-9-13(12-5-2-1-3-6-12)10-15-17(14)7-4-8-18-15/h1-3,5-6,9,13,15H,4,7-8,10H2/t13-,15+/m0/s1. The molecule has 1 aromatic rings. The smallest absolute Gasteiger partial charge is 0.131 e. The summed E-state index contributed by atoms with van der Waals surface area (Å²) in [7, 11) is 0. The zero-order valence-corrected chi connectivity index (χ0v) is 10.2. The van der Waals surface area contributed by atoms with Crippen LogP contribution < -0.4 is 0 Å². The maximum atomic E-state index is 9.28. The van der Waals surface area contributed by atoms with E-state index in [1.165, 1.54) is 5.56 Å². The summed E-state index contributed by atoms with van der Waals surface area (Å²) in [6, 6.07) is 12.7. The average Bonchev–Trinajstić information content (AvgIpc) is 2.47. The van der Waals surface area contributed by atoms with Crippen molar-refractivity contribution in [2.24, 2.45) is 0 Å². The highest BCUT2D eigenvalue weighted by Crippen LogP contribution is 2.34. The van der Waals surface area contributed by atoms with Gasteiger partial charge in [0.15, 0.2) is 0 Å². The first-order chi connectivity index (χ1) is 8.88. The molecule has 18 heavy (non-hydrogen) atoms. The van der Waals surface area contributed by atoms with Crippen LogP contribution in [0.1, 0.15) is 24.3 Å². The molecular weight excluding hydrogens is 224 g/mol. The van der Waals surface area contributed by atoms with Gasteiger partial charge in [0.05, 0.1) is 6.61 Å². The third kappa shape index (κ3) is 2.00. The van der Waals surface area contributed by atoms with E-state index in [1.54, 1.807) is 0 Å². The molecule has 2 aliphatic rings. The lowest BCUT2D eigenvalue weighted by atomic mass is 9.90. The van der Waals surface area contributed by atoms with Gasteiger partial charge < -0.3 is 9.64 Å². The second-order valence-corrected chi connectivity index (χ2v) is 4.79. The molecule has 0 bridgehead atoms. The molecule has 1 fully saturated rings. The summed E-state index contributed by atoms with van der Waals surface area (Å²) >= 11 is 0. The van der Waals surface area contributed by atoms with Gasteiger partial charge in [0, 0.05) is 18.9 Å². The predicted molar refractivity (Wildman–Crippen MR) is 68.6 cm³/mol. The van der Waals surface area contributed by atoms with Gasteiger partial charge >= 0.3 is 0 Å². The SMILES string of the molecule is N#CC1=C[C@H](c2ccccc2)C[C@H]2OCCCN12. The Balaban J connectivity index is 1.92. The van der Waals surface area contributed by atoms with Gasteiger partial charge in [-0.2, -0.15) is 5.26 Å². The molecule has 1 saturated heterocycles. The summed E-state index contributed by atoms with van der Waals surface area (Å²) in [5.74, 6) is 0.292. The molecule has 3 rings (SSSR count). The van der Waals surface area contributed by atoms with Crippen LogP contribution in [-0.4, -0.2) is 24.3 Å². The minimum Gasteiger partial charge on any atom is -0.358 e. The highest BCUT2D eigenvalue weighted by Gasteiger charge is 2.32. The first-order valence-electron chi connectivity index (χ1n) is 6.43. The van der Waals surface area contributed by atoms with E-state index in [-0.39, 0.29) is 6.23 Å². The number of ether oxygens (including phenoxy) is 1. The number of nitriles is 1. The van der Waals surface area contributed by atoms with Crippen molar-refractivity contribution in [3.63, 3.8) is 0 Å². The number of benzene rings is 1. The Labute approximate surface area is 107 Å². The van der Waals surface area contributed by atoms with Crippen molar-refractivity contribution >= 4 is 0 Å². The summed E-state index contributed by atoms with van der Waals surface area (Å²) in [6.07, 6.45) is 4.10. The van der Waals surface area contributed by atoms with Crippen LogP contribution in [0, 0.1) is 11.3 Å². The van der Waals surface area contributed by atoms with E-state index < -0.39 is 0 Å². The summed E-state index contributed by atoms with van der Waals surface area (Å²) in [6.45, 7) is 1.74. The summed E-state index contributed by atoms with van der Waals surface area (Å²) < 4.78 is 5.80.